The molecule has 0 bridgehead atoms. The maximum atomic E-state index is 12.1. The van der Waals surface area contributed by atoms with E-state index in [-0.39, 0.29) is 5.56 Å². The summed E-state index contributed by atoms with van der Waals surface area (Å²) in [6.07, 6.45) is 1.21. The van der Waals surface area contributed by atoms with Gasteiger partial charge in [0.05, 0.1) is 0 Å². The largest absolute Gasteiger partial charge is 0.458 e. The highest BCUT2D eigenvalue weighted by Gasteiger charge is 2.31. The molecule has 0 aliphatic carbocycles. The van der Waals surface area contributed by atoms with Gasteiger partial charge in [0.2, 0.25) is 0 Å². The Kier molecular flexibility index (Phi) is 6.92. The number of ether oxygens (including phenoxy) is 1. The summed E-state index contributed by atoms with van der Waals surface area (Å²) < 4.78 is 6.06. The van der Waals surface area contributed by atoms with Crippen molar-refractivity contribution in [1.82, 2.24) is 14.7 Å². The summed E-state index contributed by atoms with van der Waals surface area (Å²) in [6, 6.07) is -1.16. The number of carbonyl (C=O) groups is 3. The number of nitrogens with zero attached hydrogens (tertiary/aromatic N) is 2. The van der Waals surface area contributed by atoms with Crippen molar-refractivity contribution in [3.63, 3.8) is 0 Å². The summed E-state index contributed by atoms with van der Waals surface area (Å²) in [6.45, 7) is 8.44. The Morgan fingerprint density at radius 2 is 1.89 bits per heavy atom. The number of esters is 1. The quantitative estimate of drug-likeness (QED) is 0.508. The molecular formula is C16H24N4O7. The topological polar surface area (TPSA) is 140 Å². The van der Waals surface area contributed by atoms with E-state index in [0.717, 1.165) is 11.6 Å². The fourth-order valence-corrected chi connectivity index (χ4v) is 1.87. The van der Waals surface area contributed by atoms with E-state index >= 15 is 0 Å². The van der Waals surface area contributed by atoms with E-state index < -0.39 is 47.3 Å². The Balaban J connectivity index is 2.78. The molecular weight excluding hydrogens is 360 g/mol. The van der Waals surface area contributed by atoms with E-state index in [1.165, 1.54) is 20.0 Å². The van der Waals surface area contributed by atoms with Crippen molar-refractivity contribution in [2.24, 2.45) is 0 Å². The van der Waals surface area contributed by atoms with Gasteiger partial charge in [-0.2, -0.15) is 5.06 Å². The lowest BCUT2D eigenvalue weighted by atomic mass is 10.2. The normalized spacial score (nSPS) is 12.1. The van der Waals surface area contributed by atoms with Crippen LogP contribution in [0.25, 0.3) is 0 Å². The van der Waals surface area contributed by atoms with E-state index in [2.05, 4.69) is 10.4 Å². The Labute approximate surface area is 155 Å². The second-order valence-corrected chi connectivity index (χ2v) is 6.79. The lowest BCUT2D eigenvalue weighted by molar-refractivity contribution is -0.210. The number of amides is 1. The summed E-state index contributed by atoms with van der Waals surface area (Å²) in [7, 11) is 0. The number of carbonyl (C=O) groups excluding carboxylic acids is 3. The third-order valence-electron chi connectivity index (χ3n) is 3.12. The molecule has 1 aromatic heterocycles. The molecule has 0 spiro atoms. The minimum Gasteiger partial charge on any atom is -0.458 e. The standard InChI is InChI=1S/C16H24N4O7/c1-9-8-19(15(25)18-13(9)23)17-7-12(22)27-20(11(3)21)10(2)14(24)26-16(4,5)6/h8,10,17H,7H2,1-6H3,(H,18,23,25). The van der Waals surface area contributed by atoms with Crippen molar-refractivity contribution in [3.05, 3.63) is 32.6 Å². The summed E-state index contributed by atoms with van der Waals surface area (Å²) in [4.78, 5) is 65.7. The maximum Gasteiger partial charge on any atom is 0.353 e. The Bertz CT molecular complexity index is 834. The van der Waals surface area contributed by atoms with Crippen LogP contribution in [0.1, 0.15) is 40.2 Å². The van der Waals surface area contributed by atoms with Gasteiger partial charge in [-0.3, -0.25) is 14.6 Å². The minimum atomic E-state index is -1.16. The highest BCUT2D eigenvalue weighted by atomic mass is 16.7. The molecule has 0 fully saturated rings. The zero-order valence-electron chi connectivity index (χ0n) is 16.1. The summed E-state index contributed by atoms with van der Waals surface area (Å²) in [5, 5.41) is 0.596. The lowest BCUT2D eigenvalue weighted by Gasteiger charge is -2.28. The van der Waals surface area contributed by atoms with Crippen LogP contribution >= 0.6 is 0 Å². The fourth-order valence-electron chi connectivity index (χ4n) is 1.87. The van der Waals surface area contributed by atoms with E-state index in [0.29, 0.717) is 5.06 Å². The molecule has 150 valence electrons. The molecule has 2 N–H and O–H groups in total. The highest BCUT2D eigenvalue weighted by molar-refractivity contribution is 5.84. The van der Waals surface area contributed by atoms with Crippen molar-refractivity contribution in [2.45, 2.75) is 53.2 Å². The van der Waals surface area contributed by atoms with Crippen LogP contribution in [0.4, 0.5) is 0 Å². The van der Waals surface area contributed by atoms with Crippen LogP contribution in [-0.4, -0.2) is 50.8 Å². The SMILES string of the molecule is CC(=O)N(OC(=O)CNn1cc(C)c(=O)[nH]c1=O)C(C)C(=O)OC(C)(C)C. The molecule has 1 unspecified atom stereocenters. The third kappa shape index (κ3) is 6.60. The van der Waals surface area contributed by atoms with Crippen molar-refractivity contribution < 1.29 is 24.0 Å². The molecule has 0 aliphatic rings. The van der Waals surface area contributed by atoms with Crippen molar-refractivity contribution in [1.29, 1.82) is 0 Å². The van der Waals surface area contributed by atoms with Gasteiger partial charge in [-0.25, -0.2) is 19.1 Å². The molecule has 11 nitrogen and oxygen atoms in total. The van der Waals surface area contributed by atoms with Crippen molar-refractivity contribution in [2.75, 3.05) is 12.0 Å². The van der Waals surface area contributed by atoms with Crippen LogP contribution in [0.2, 0.25) is 0 Å². The average molecular weight is 384 g/mol. The van der Waals surface area contributed by atoms with E-state index in [9.17, 15) is 24.0 Å². The van der Waals surface area contributed by atoms with E-state index in [4.69, 9.17) is 9.57 Å². The van der Waals surface area contributed by atoms with Gasteiger partial charge in [0.15, 0.2) is 6.04 Å². The highest BCUT2D eigenvalue weighted by Crippen LogP contribution is 2.12. The molecule has 27 heavy (non-hydrogen) atoms. The first-order chi connectivity index (χ1) is 12.3. The molecule has 0 saturated carbocycles. The minimum absolute atomic E-state index is 0.249. The molecule has 0 radical (unpaired) electrons. The van der Waals surface area contributed by atoms with Crippen LogP contribution in [0.5, 0.6) is 0 Å². The van der Waals surface area contributed by atoms with Crippen LogP contribution in [-0.2, 0) is 24.0 Å². The second kappa shape index (κ2) is 8.52. The molecule has 1 atom stereocenters. The molecule has 1 amide bonds. The number of aryl methyl sites for hydroxylation is 1. The predicted molar refractivity (Wildman–Crippen MR) is 94.2 cm³/mol. The first kappa shape index (κ1) is 21.9. The number of aromatic nitrogens is 2. The Morgan fingerprint density at radius 3 is 2.41 bits per heavy atom. The number of hydrogen-bond donors (Lipinski definition) is 2. The number of hydroxylamine groups is 2. The van der Waals surface area contributed by atoms with Crippen LogP contribution in [0.3, 0.4) is 0 Å². The van der Waals surface area contributed by atoms with Gasteiger partial charge >= 0.3 is 17.6 Å². The Hall–Kier alpha value is -3.11. The van der Waals surface area contributed by atoms with Gasteiger partial charge < -0.3 is 15.0 Å². The van der Waals surface area contributed by atoms with Gasteiger partial charge in [0.25, 0.3) is 11.5 Å². The average Bonchev–Trinajstić information content (AvgIpc) is 2.52. The zero-order valence-corrected chi connectivity index (χ0v) is 16.1. The predicted octanol–water partition coefficient (Wildman–Crippen LogP) is -0.575. The van der Waals surface area contributed by atoms with E-state index in [1.54, 1.807) is 20.8 Å². The summed E-state index contributed by atoms with van der Waals surface area (Å²) >= 11 is 0. The van der Waals surface area contributed by atoms with Crippen LogP contribution in [0, 0.1) is 6.92 Å². The zero-order chi connectivity index (χ0) is 20.9. The van der Waals surface area contributed by atoms with Crippen molar-refractivity contribution >= 4 is 17.8 Å². The molecule has 11 heteroatoms. The number of aromatic amines is 1. The number of rotatable bonds is 5. The van der Waals surface area contributed by atoms with Gasteiger partial charge in [-0.1, -0.05) is 0 Å². The first-order valence-electron chi connectivity index (χ1n) is 8.11. The molecule has 1 rings (SSSR count). The molecule has 1 heterocycles. The monoisotopic (exact) mass is 384 g/mol. The Morgan fingerprint density at radius 1 is 1.30 bits per heavy atom. The van der Waals surface area contributed by atoms with Gasteiger partial charge in [-0.15, -0.1) is 0 Å². The van der Waals surface area contributed by atoms with Crippen LogP contribution in [0.15, 0.2) is 15.8 Å². The third-order valence-corrected chi connectivity index (χ3v) is 3.12. The second-order valence-electron chi connectivity index (χ2n) is 6.79. The number of hydrogen-bond acceptors (Lipinski definition) is 8. The first-order valence-corrected chi connectivity index (χ1v) is 8.11. The molecule has 0 aromatic carbocycles. The van der Waals surface area contributed by atoms with Crippen LogP contribution < -0.4 is 16.7 Å². The fraction of sp³-hybridized carbons (Fsp3) is 0.562. The lowest BCUT2D eigenvalue weighted by Crippen LogP contribution is -2.47. The summed E-state index contributed by atoms with van der Waals surface area (Å²) in [5.41, 5.74) is 0.590. The molecule has 0 aliphatic heterocycles. The molecule has 0 saturated heterocycles. The molecule has 1 aromatic rings. The number of nitrogens with one attached hydrogen (secondary N) is 2. The van der Waals surface area contributed by atoms with Gasteiger partial charge in [0.1, 0.15) is 12.1 Å². The summed E-state index contributed by atoms with van der Waals surface area (Å²) in [5.74, 6) is -2.36. The smallest absolute Gasteiger partial charge is 0.353 e. The van der Waals surface area contributed by atoms with Gasteiger partial charge in [-0.05, 0) is 34.6 Å². The van der Waals surface area contributed by atoms with Crippen molar-refractivity contribution in [3.8, 4) is 0 Å². The number of H-pyrrole nitrogens is 1. The van der Waals surface area contributed by atoms with Gasteiger partial charge in [0, 0.05) is 18.7 Å². The van der Waals surface area contributed by atoms with E-state index in [1.807, 2.05) is 0 Å². The maximum absolute atomic E-state index is 12.1.